The minimum Gasteiger partial charge on any atom is -0.338 e. The number of alkyl halides is 3. The summed E-state index contributed by atoms with van der Waals surface area (Å²) in [5.41, 5.74) is -0.377. The summed E-state index contributed by atoms with van der Waals surface area (Å²) in [7, 11) is -0.970. The number of rotatable bonds is 4. The van der Waals surface area contributed by atoms with Crippen LogP contribution in [0.4, 0.5) is 17.6 Å². The van der Waals surface area contributed by atoms with Gasteiger partial charge in [0, 0.05) is 41.8 Å². The van der Waals surface area contributed by atoms with E-state index >= 15 is 0 Å². The van der Waals surface area contributed by atoms with Gasteiger partial charge in [-0.2, -0.15) is 13.2 Å². The first-order valence-electron chi connectivity index (χ1n) is 8.21. The number of carbonyl (C=O) groups excluding carboxylic acids is 1. The van der Waals surface area contributed by atoms with Gasteiger partial charge in [0.25, 0.3) is 5.91 Å². The molecule has 144 valence electrons. The van der Waals surface area contributed by atoms with E-state index in [1.165, 1.54) is 23.1 Å². The van der Waals surface area contributed by atoms with Crippen LogP contribution in [0.1, 0.15) is 15.9 Å². The molecule has 1 saturated heterocycles. The van der Waals surface area contributed by atoms with Crippen LogP contribution in [0.25, 0.3) is 11.1 Å². The monoisotopic (exact) mass is 399 g/mol. The average molecular weight is 399 g/mol. The van der Waals surface area contributed by atoms with Crippen LogP contribution in [-0.2, 0) is 17.0 Å². The van der Waals surface area contributed by atoms with E-state index in [-0.39, 0.29) is 22.6 Å². The Morgan fingerprint density at radius 2 is 1.89 bits per heavy atom. The Labute approximate surface area is 156 Å². The highest BCUT2D eigenvalue weighted by Crippen LogP contribution is 2.34. The van der Waals surface area contributed by atoms with Crippen molar-refractivity contribution >= 4 is 16.7 Å². The second kappa shape index (κ2) is 7.42. The number of amides is 1. The smallest absolute Gasteiger partial charge is 0.338 e. The molecule has 0 spiro atoms. The second-order valence-corrected chi connectivity index (χ2v) is 8.06. The maximum atomic E-state index is 13.7. The van der Waals surface area contributed by atoms with Crippen molar-refractivity contribution in [3.8, 4) is 11.1 Å². The summed E-state index contributed by atoms with van der Waals surface area (Å²) in [5.74, 6) is -0.487. The van der Waals surface area contributed by atoms with Crippen LogP contribution in [0.15, 0.2) is 42.5 Å². The summed E-state index contributed by atoms with van der Waals surface area (Å²) in [6.45, 7) is 0.800. The van der Waals surface area contributed by atoms with E-state index in [0.29, 0.717) is 18.8 Å². The van der Waals surface area contributed by atoms with Gasteiger partial charge in [-0.3, -0.25) is 9.00 Å². The quantitative estimate of drug-likeness (QED) is 0.730. The van der Waals surface area contributed by atoms with Crippen LogP contribution in [0.2, 0.25) is 0 Å². The van der Waals surface area contributed by atoms with Gasteiger partial charge in [0.1, 0.15) is 5.82 Å². The lowest BCUT2D eigenvalue weighted by Crippen LogP contribution is -2.51. The number of benzene rings is 2. The van der Waals surface area contributed by atoms with E-state index in [1.807, 2.05) is 0 Å². The number of hydrogen-bond acceptors (Lipinski definition) is 2. The summed E-state index contributed by atoms with van der Waals surface area (Å²) in [6, 6.07) is 8.08. The zero-order valence-corrected chi connectivity index (χ0v) is 15.2. The molecule has 2 aromatic rings. The van der Waals surface area contributed by atoms with Gasteiger partial charge in [0.2, 0.25) is 0 Å². The first kappa shape index (κ1) is 19.5. The largest absolute Gasteiger partial charge is 0.416 e. The Kier molecular flexibility index (Phi) is 5.37. The molecule has 0 N–H and O–H groups in total. The van der Waals surface area contributed by atoms with Crippen molar-refractivity contribution < 1.29 is 26.6 Å². The fourth-order valence-corrected chi connectivity index (χ4v) is 4.03. The predicted octanol–water partition coefficient (Wildman–Crippen LogP) is 3.96. The topological polar surface area (TPSA) is 37.4 Å². The van der Waals surface area contributed by atoms with E-state index in [0.717, 1.165) is 24.3 Å². The highest BCUT2D eigenvalue weighted by atomic mass is 32.2. The number of likely N-dealkylation sites (tertiary alicyclic amines) is 1. The van der Waals surface area contributed by atoms with Crippen LogP contribution in [0.5, 0.6) is 0 Å². The Balaban J connectivity index is 1.91. The minimum atomic E-state index is -4.51. The first-order chi connectivity index (χ1) is 12.6. The molecular formula is C19H17F4NO2S. The maximum absolute atomic E-state index is 13.7. The summed E-state index contributed by atoms with van der Waals surface area (Å²) in [5, 5.41) is 0. The number of hydrogen-bond donors (Lipinski definition) is 0. The molecule has 3 rings (SSSR count). The summed E-state index contributed by atoms with van der Waals surface area (Å²) >= 11 is 0. The van der Waals surface area contributed by atoms with Crippen molar-refractivity contribution in [3.63, 3.8) is 0 Å². The molecule has 1 aliphatic rings. The molecule has 1 unspecified atom stereocenters. The van der Waals surface area contributed by atoms with E-state index < -0.39 is 34.3 Å². The van der Waals surface area contributed by atoms with Crippen LogP contribution >= 0.6 is 0 Å². The van der Waals surface area contributed by atoms with Crippen molar-refractivity contribution in [2.75, 3.05) is 25.1 Å². The average Bonchev–Trinajstić information content (AvgIpc) is 2.56. The fourth-order valence-electron chi connectivity index (χ4n) is 3.15. The van der Waals surface area contributed by atoms with Gasteiger partial charge in [-0.15, -0.1) is 0 Å². The minimum absolute atomic E-state index is 0.0189. The van der Waals surface area contributed by atoms with Crippen molar-refractivity contribution in [2.45, 2.75) is 6.18 Å². The van der Waals surface area contributed by atoms with Crippen molar-refractivity contribution in [1.82, 2.24) is 4.90 Å². The zero-order valence-electron chi connectivity index (χ0n) is 14.4. The van der Waals surface area contributed by atoms with Crippen LogP contribution in [-0.4, -0.2) is 40.1 Å². The molecule has 2 aromatic carbocycles. The maximum Gasteiger partial charge on any atom is 0.416 e. The molecule has 0 aromatic heterocycles. The van der Waals surface area contributed by atoms with Crippen molar-refractivity contribution in [1.29, 1.82) is 0 Å². The summed E-state index contributed by atoms with van der Waals surface area (Å²) in [4.78, 5) is 14.2. The molecule has 0 aliphatic carbocycles. The molecule has 0 saturated carbocycles. The molecule has 27 heavy (non-hydrogen) atoms. The third-order valence-electron chi connectivity index (χ3n) is 4.43. The van der Waals surface area contributed by atoms with E-state index in [1.54, 1.807) is 6.26 Å². The molecule has 1 heterocycles. The molecule has 1 aliphatic heterocycles. The molecule has 0 bridgehead atoms. The molecule has 1 amide bonds. The third-order valence-corrected chi connectivity index (χ3v) is 5.37. The van der Waals surface area contributed by atoms with Gasteiger partial charge < -0.3 is 4.90 Å². The fraction of sp³-hybridized carbons (Fsp3) is 0.316. The van der Waals surface area contributed by atoms with Crippen LogP contribution in [0.3, 0.4) is 0 Å². The molecular weight excluding hydrogens is 382 g/mol. The Bertz CT molecular complexity index is 892. The Morgan fingerprint density at radius 3 is 2.52 bits per heavy atom. The second-order valence-electron chi connectivity index (χ2n) is 6.58. The molecule has 0 radical (unpaired) electrons. The molecule has 8 heteroatoms. The van der Waals surface area contributed by atoms with E-state index in [9.17, 15) is 26.6 Å². The molecule has 3 nitrogen and oxygen atoms in total. The third kappa shape index (κ3) is 4.37. The zero-order chi connectivity index (χ0) is 19.8. The number of halogens is 4. The first-order valence-corrected chi connectivity index (χ1v) is 9.94. The van der Waals surface area contributed by atoms with E-state index in [4.69, 9.17) is 0 Å². The van der Waals surface area contributed by atoms with Gasteiger partial charge in [0.15, 0.2) is 0 Å². The molecule has 1 atom stereocenters. The van der Waals surface area contributed by atoms with E-state index in [2.05, 4.69) is 0 Å². The van der Waals surface area contributed by atoms with Gasteiger partial charge in [-0.25, -0.2) is 4.39 Å². The number of nitrogens with zero attached hydrogens (tertiary/aromatic N) is 1. The number of carbonyl (C=O) groups is 1. The van der Waals surface area contributed by atoms with Gasteiger partial charge in [-0.1, -0.05) is 18.2 Å². The standard InChI is InChI=1S/C19H17F4NO2S/c1-27(26)11-12-9-24(10-12)18(25)17-8-15(20)5-6-16(17)13-3-2-4-14(7-13)19(21,22)23/h2-8,12H,9-11H2,1H3. The van der Waals surface area contributed by atoms with Crippen LogP contribution in [0, 0.1) is 11.7 Å². The van der Waals surface area contributed by atoms with Gasteiger partial charge in [-0.05, 0) is 35.4 Å². The van der Waals surface area contributed by atoms with Crippen molar-refractivity contribution in [2.24, 2.45) is 5.92 Å². The Morgan fingerprint density at radius 1 is 1.19 bits per heavy atom. The lowest BCUT2D eigenvalue weighted by molar-refractivity contribution is -0.137. The lowest BCUT2D eigenvalue weighted by atomic mass is 9.94. The van der Waals surface area contributed by atoms with Crippen molar-refractivity contribution in [3.05, 3.63) is 59.4 Å². The summed E-state index contributed by atoms with van der Waals surface area (Å²) < 4.78 is 63.9. The van der Waals surface area contributed by atoms with Gasteiger partial charge in [0.05, 0.1) is 11.1 Å². The highest BCUT2D eigenvalue weighted by Gasteiger charge is 2.34. The predicted molar refractivity (Wildman–Crippen MR) is 95.2 cm³/mol. The Hall–Kier alpha value is -2.22. The summed E-state index contributed by atoms with van der Waals surface area (Å²) in [6.07, 6.45) is -2.93. The molecule has 1 fully saturated rings. The van der Waals surface area contributed by atoms with Crippen LogP contribution < -0.4 is 0 Å². The normalized spacial score (nSPS) is 16.1. The highest BCUT2D eigenvalue weighted by molar-refractivity contribution is 7.84. The lowest BCUT2D eigenvalue weighted by Gasteiger charge is -2.39. The van der Waals surface area contributed by atoms with Gasteiger partial charge >= 0.3 is 6.18 Å². The SMILES string of the molecule is CS(=O)CC1CN(C(=O)c2cc(F)ccc2-c2cccc(C(F)(F)F)c2)C1.